The van der Waals surface area contributed by atoms with Crippen LogP contribution >= 0.6 is 0 Å². The van der Waals surface area contributed by atoms with E-state index in [9.17, 15) is 4.79 Å². The molecule has 1 aliphatic rings. The van der Waals surface area contributed by atoms with Gasteiger partial charge in [-0.2, -0.15) is 0 Å². The molecule has 0 bridgehead atoms. The third-order valence-electron chi connectivity index (χ3n) is 3.65. The van der Waals surface area contributed by atoms with Crippen LogP contribution in [0.15, 0.2) is 18.2 Å². The SMILES string of the molecule is COc1ccc(NC(=O)CN2CCNC[C@H]2C)cc1OC. The van der Waals surface area contributed by atoms with Gasteiger partial charge in [0.15, 0.2) is 11.5 Å². The van der Waals surface area contributed by atoms with E-state index in [1.165, 1.54) is 0 Å². The van der Waals surface area contributed by atoms with Gasteiger partial charge in [0.1, 0.15) is 0 Å². The second kappa shape index (κ2) is 7.28. The predicted octanol–water partition coefficient (Wildman–Crippen LogP) is 0.936. The molecule has 6 nitrogen and oxygen atoms in total. The van der Waals surface area contributed by atoms with Crippen LogP contribution in [0.3, 0.4) is 0 Å². The van der Waals surface area contributed by atoms with Crippen LogP contribution in [0.1, 0.15) is 6.92 Å². The van der Waals surface area contributed by atoms with Crippen molar-refractivity contribution in [3.63, 3.8) is 0 Å². The minimum absolute atomic E-state index is 0.0176. The number of methoxy groups -OCH3 is 2. The lowest BCUT2D eigenvalue weighted by Crippen LogP contribution is -2.51. The molecule has 0 saturated carbocycles. The number of benzene rings is 1. The van der Waals surface area contributed by atoms with Crippen LogP contribution in [0.25, 0.3) is 0 Å². The largest absolute Gasteiger partial charge is 0.493 e. The zero-order valence-corrected chi connectivity index (χ0v) is 12.8. The molecule has 1 amide bonds. The van der Waals surface area contributed by atoms with Crippen LogP contribution < -0.4 is 20.1 Å². The van der Waals surface area contributed by atoms with Crippen molar-refractivity contribution in [2.45, 2.75) is 13.0 Å². The second-order valence-electron chi connectivity index (χ2n) is 5.14. The van der Waals surface area contributed by atoms with Crippen molar-refractivity contribution in [1.82, 2.24) is 10.2 Å². The Morgan fingerprint density at radius 3 is 2.81 bits per heavy atom. The maximum Gasteiger partial charge on any atom is 0.238 e. The molecule has 0 spiro atoms. The number of carbonyl (C=O) groups is 1. The summed E-state index contributed by atoms with van der Waals surface area (Å²) in [5, 5.41) is 6.21. The number of nitrogens with one attached hydrogen (secondary N) is 2. The molecule has 1 saturated heterocycles. The first-order chi connectivity index (χ1) is 10.1. The highest BCUT2D eigenvalue weighted by Gasteiger charge is 2.20. The summed E-state index contributed by atoms with van der Waals surface area (Å²) in [4.78, 5) is 14.3. The molecule has 1 heterocycles. The summed E-state index contributed by atoms with van der Waals surface area (Å²) in [7, 11) is 3.16. The predicted molar refractivity (Wildman–Crippen MR) is 82.1 cm³/mol. The lowest BCUT2D eigenvalue weighted by molar-refractivity contribution is -0.118. The van der Waals surface area contributed by atoms with Gasteiger partial charge in [-0.15, -0.1) is 0 Å². The highest BCUT2D eigenvalue weighted by molar-refractivity contribution is 5.92. The molecule has 1 fully saturated rings. The average molecular weight is 293 g/mol. The van der Waals surface area contributed by atoms with Crippen LogP contribution in [0.4, 0.5) is 5.69 Å². The fourth-order valence-electron chi connectivity index (χ4n) is 2.42. The Balaban J connectivity index is 1.96. The van der Waals surface area contributed by atoms with Crippen LogP contribution in [-0.2, 0) is 4.79 Å². The zero-order valence-electron chi connectivity index (χ0n) is 12.8. The van der Waals surface area contributed by atoms with E-state index in [-0.39, 0.29) is 5.91 Å². The molecule has 1 aliphatic heterocycles. The van der Waals surface area contributed by atoms with Gasteiger partial charge in [-0.05, 0) is 19.1 Å². The Labute approximate surface area is 125 Å². The number of hydrogen-bond donors (Lipinski definition) is 2. The molecule has 0 radical (unpaired) electrons. The molecule has 116 valence electrons. The molecular formula is C15H23N3O3. The molecule has 2 N–H and O–H groups in total. The third-order valence-corrected chi connectivity index (χ3v) is 3.65. The van der Waals surface area contributed by atoms with E-state index in [0.29, 0.717) is 29.8 Å². The first-order valence-corrected chi connectivity index (χ1v) is 7.10. The maximum absolute atomic E-state index is 12.1. The van der Waals surface area contributed by atoms with E-state index in [1.54, 1.807) is 32.4 Å². The Bertz CT molecular complexity index is 493. The topological polar surface area (TPSA) is 62.8 Å². The van der Waals surface area contributed by atoms with Gasteiger partial charge in [0, 0.05) is 37.4 Å². The second-order valence-corrected chi connectivity index (χ2v) is 5.14. The van der Waals surface area contributed by atoms with Crippen molar-refractivity contribution in [3.05, 3.63) is 18.2 Å². The summed E-state index contributed by atoms with van der Waals surface area (Å²) in [6.07, 6.45) is 0. The maximum atomic E-state index is 12.1. The molecule has 6 heteroatoms. The van der Waals surface area contributed by atoms with Gasteiger partial charge in [-0.25, -0.2) is 0 Å². The number of hydrogen-bond acceptors (Lipinski definition) is 5. The highest BCUT2D eigenvalue weighted by atomic mass is 16.5. The molecule has 1 aromatic carbocycles. The Morgan fingerprint density at radius 1 is 1.38 bits per heavy atom. The summed E-state index contributed by atoms with van der Waals surface area (Å²) in [5.41, 5.74) is 0.709. The van der Waals surface area contributed by atoms with Crippen LogP contribution in [0.2, 0.25) is 0 Å². The normalized spacial score (nSPS) is 19.1. The monoisotopic (exact) mass is 293 g/mol. The lowest BCUT2D eigenvalue weighted by atomic mass is 10.2. The number of piperazine rings is 1. The lowest BCUT2D eigenvalue weighted by Gasteiger charge is -2.33. The Hall–Kier alpha value is -1.79. The molecule has 21 heavy (non-hydrogen) atoms. The first-order valence-electron chi connectivity index (χ1n) is 7.10. The summed E-state index contributed by atoms with van der Waals surface area (Å²) >= 11 is 0. The van der Waals surface area contributed by atoms with Gasteiger partial charge in [-0.1, -0.05) is 0 Å². The van der Waals surface area contributed by atoms with Gasteiger partial charge < -0.3 is 20.1 Å². The summed E-state index contributed by atoms with van der Waals surface area (Å²) < 4.78 is 10.4. The number of amides is 1. The molecule has 0 unspecified atom stereocenters. The summed E-state index contributed by atoms with van der Waals surface area (Å²) in [6, 6.07) is 5.72. The molecule has 1 aromatic rings. The van der Waals surface area contributed by atoms with E-state index in [1.807, 2.05) is 0 Å². The van der Waals surface area contributed by atoms with Crippen molar-refractivity contribution in [1.29, 1.82) is 0 Å². The van der Waals surface area contributed by atoms with Gasteiger partial charge >= 0.3 is 0 Å². The van der Waals surface area contributed by atoms with Gasteiger partial charge in [0.25, 0.3) is 0 Å². The smallest absolute Gasteiger partial charge is 0.238 e. The van der Waals surface area contributed by atoms with E-state index in [2.05, 4.69) is 22.5 Å². The number of anilines is 1. The van der Waals surface area contributed by atoms with Gasteiger partial charge in [0.05, 0.1) is 20.8 Å². The fraction of sp³-hybridized carbons (Fsp3) is 0.533. The molecular weight excluding hydrogens is 270 g/mol. The number of nitrogens with zero attached hydrogens (tertiary/aromatic N) is 1. The number of carbonyl (C=O) groups excluding carboxylic acids is 1. The first kappa shape index (κ1) is 15.6. The Kier molecular flexibility index (Phi) is 5.41. The molecule has 0 aromatic heterocycles. The van der Waals surface area contributed by atoms with Crippen LogP contribution in [0.5, 0.6) is 11.5 Å². The van der Waals surface area contributed by atoms with E-state index in [0.717, 1.165) is 19.6 Å². The summed E-state index contributed by atoms with van der Waals surface area (Å²) in [6.45, 7) is 5.26. The summed E-state index contributed by atoms with van der Waals surface area (Å²) in [5.74, 6) is 1.23. The van der Waals surface area contributed by atoms with Crippen molar-refractivity contribution in [3.8, 4) is 11.5 Å². The van der Waals surface area contributed by atoms with Crippen molar-refractivity contribution in [2.24, 2.45) is 0 Å². The standard InChI is InChI=1S/C15H23N3O3/c1-11-9-16-6-7-18(11)10-15(19)17-12-4-5-13(20-2)14(8-12)21-3/h4-5,8,11,16H,6-7,9-10H2,1-3H3,(H,17,19)/t11-/m1/s1. The number of ether oxygens (including phenoxy) is 2. The average Bonchev–Trinajstić information content (AvgIpc) is 2.49. The number of rotatable bonds is 5. The van der Waals surface area contributed by atoms with Crippen molar-refractivity contribution < 1.29 is 14.3 Å². The molecule has 2 rings (SSSR count). The fourth-order valence-corrected chi connectivity index (χ4v) is 2.42. The van der Waals surface area contributed by atoms with Crippen LogP contribution in [0, 0.1) is 0 Å². The Morgan fingerprint density at radius 2 is 2.14 bits per heavy atom. The minimum atomic E-state index is -0.0176. The minimum Gasteiger partial charge on any atom is -0.493 e. The van der Waals surface area contributed by atoms with Gasteiger partial charge in [0.2, 0.25) is 5.91 Å². The molecule has 0 aliphatic carbocycles. The van der Waals surface area contributed by atoms with Crippen molar-refractivity contribution in [2.75, 3.05) is 45.7 Å². The van der Waals surface area contributed by atoms with Gasteiger partial charge in [-0.3, -0.25) is 9.69 Å². The molecule has 1 atom stereocenters. The zero-order chi connectivity index (χ0) is 15.2. The third kappa shape index (κ3) is 4.09. The van der Waals surface area contributed by atoms with Crippen molar-refractivity contribution >= 4 is 11.6 Å². The van der Waals surface area contributed by atoms with E-state index >= 15 is 0 Å². The van der Waals surface area contributed by atoms with E-state index in [4.69, 9.17) is 9.47 Å². The highest BCUT2D eigenvalue weighted by Crippen LogP contribution is 2.29. The van der Waals surface area contributed by atoms with E-state index < -0.39 is 0 Å². The van der Waals surface area contributed by atoms with Crippen LogP contribution in [-0.4, -0.2) is 57.2 Å². The quantitative estimate of drug-likeness (QED) is 0.846.